The Morgan fingerprint density at radius 3 is 1.86 bits per heavy atom. The number of carbonyl (C=O) groups excluding carboxylic acids is 3. The summed E-state index contributed by atoms with van der Waals surface area (Å²) in [5, 5.41) is 5.78. The van der Waals surface area contributed by atoms with Gasteiger partial charge >= 0.3 is 5.97 Å². The van der Waals surface area contributed by atoms with E-state index in [-0.39, 0.29) is 11.8 Å². The van der Waals surface area contributed by atoms with Crippen LogP contribution in [0.3, 0.4) is 0 Å². The topological polar surface area (TPSA) is 93.7 Å². The van der Waals surface area contributed by atoms with E-state index >= 15 is 0 Å². The Balaban J connectivity index is 1.65. The SMILES string of the molecule is CCCC(=O)Nc1ccc2c(c1)Oc1cc(NC(=O)CCC)ccc1C21OC(=O)c2ccccc21. The van der Waals surface area contributed by atoms with Gasteiger partial charge in [0.05, 0.1) is 5.56 Å². The summed E-state index contributed by atoms with van der Waals surface area (Å²) in [6.07, 6.45) is 2.30. The Kier molecular flexibility index (Phi) is 5.76. The monoisotopic (exact) mass is 470 g/mol. The van der Waals surface area contributed by atoms with E-state index in [2.05, 4.69) is 10.6 Å². The van der Waals surface area contributed by atoms with Crippen molar-refractivity contribution in [1.82, 2.24) is 0 Å². The van der Waals surface area contributed by atoms with Crippen molar-refractivity contribution in [2.45, 2.75) is 45.1 Å². The Hall–Kier alpha value is -4.13. The minimum absolute atomic E-state index is 0.0862. The predicted molar refractivity (Wildman–Crippen MR) is 132 cm³/mol. The van der Waals surface area contributed by atoms with E-state index in [1.807, 2.05) is 38.1 Å². The molecule has 7 nitrogen and oxygen atoms in total. The molecule has 0 unspecified atom stereocenters. The van der Waals surface area contributed by atoms with E-state index in [9.17, 15) is 14.4 Å². The van der Waals surface area contributed by atoms with E-state index in [1.54, 1.807) is 36.4 Å². The van der Waals surface area contributed by atoms with Crippen LogP contribution in [0.25, 0.3) is 0 Å². The summed E-state index contributed by atoms with van der Waals surface area (Å²) in [5.41, 5.74) is 2.53. The number of carbonyl (C=O) groups is 3. The summed E-state index contributed by atoms with van der Waals surface area (Å²) in [7, 11) is 0. The van der Waals surface area contributed by atoms with E-state index in [0.29, 0.717) is 52.4 Å². The van der Waals surface area contributed by atoms with E-state index in [1.165, 1.54) is 0 Å². The zero-order valence-corrected chi connectivity index (χ0v) is 19.6. The number of ether oxygens (including phenoxy) is 2. The smallest absolute Gasteiger partial charge is 0.340 e. The second-order valence-corrected chi connectivity index (χ2v) is 8.74. The minimum Gasteiger partial charge on any atom is -0.456 e. The second-order valence-electron chi connectivity index (χ2n) is 8.74. The third kappa shape index (κ3) is 3.83. The molecule has 35 heavy (non-hydrogen) atoms. The van der Waals surface area contributed by atoms with Crippen LogP contribution in [0, 0.1) is 0 Å². The maximum absolute atomic E-state index is 13.0. The van der Waals surface area contributed by atoms with E-state index < -0.39 is 11.6 Å². The lowest BCUT2D eigenvalue weighted by atomic mass is 9.77. The molecule has 178 valence electrons. The molecule has 2 amide bonds. The summed E-state index contributed by atoms with van der Waals surface area (Å²) in [6, 6.07) is 18.0. The normalized spacial score (nSPS) is 14.3. The molecule has 2 aliphatic rings. The first-order valence-electron chi connectivity index (χ1n) is 11.9. The fourth-order valence-corrected chi connectivity index (χ4v) is 4.73. The maximum Gasteiger partial charge on any atom is 0.340 e. The summed E-state index contributed by atoms with van der Waals surface area (Å²) in [4.78, 5) is 37.3. The number of hydrogen-bond donors (Lipinski definition) is 2. The zero-order valence-electron chi connectivity index (χ0n) is 19.6. The first-order valence-corrected chi connectivity index (χ1v) is 11.9. The van der Waals surface area contributed by atoms with Gasteiger partial charge in [-0.25, -0.2) is 4.79 Å². The first-order chi connectivity index (χ1) is 17.0. The molecule has 2 heterocycles. The van der Waals surface area contributed by atoms with Crippen LogP contribution in [0.15, 0.2) is 60.7 Å². The molecule has 2 aliphatic heterocycles. The fourth-order valence-electron chi connectivity index (χ4n) is 4.73. The van der Waals surface area contributed by atoms with Gasteiger partial charge in [-0.2, -0.15) is 0 Å². The van der Waals surface area contributed by atoms with Crippen molar-refractivity contribution in [1.29, 1.82) is 0 Å². The van der Waals surface area contributed by atoms with E-state index in [0.717, 1.165) is 18.4 Å². The second kappa shape index (κ2) is 8.91. The molecular weight excluding hydrogens is 444 g/mol. The number of hydrogen-bond acceptors (Lipinski definition) is 5. The van der Waals surface area contributed by atoms with Crippen molar-refractivity contribution in [3.05, 3.63) is 82.9 Å². The zero-order chi connectivity index (χ0) is 24.6. The van der Waals surface area contributed by atoms with Crippen LogP contribution in [0.1, 0.15) is 66.6 Å². The summed E-state index contributed by atoms with van der Waals surface area (Å²) >= 11 is 0. The highest BCUT2D eigenvalue weighted by Crippen LogP contribution is 2.56. The summed E-state index contributed by atoms with van der Waals surface area (Å²) in [6.45, 7) is 3.89. The number of anilines is 2. The van der Waals surface area contributed by atoms with Crippen molar-refractivity contribution in [3.8, 4) is 11.5 Å². The third-order valence-corrected chi connectivity index (χ3v) is 6.24. The number of nitrogens with one attached hydrogen (secondary N) is 2. The van der Waals surface area contributed by atoms with Gasteiger partial charge < -0.3 is 20.1 Å². The van der Waals surface area contributed by atoms with Crippen LogP contribution < -0.4 is 15.4 Å². The lowest BCUT2D eigenvalue weighted by Crippen LogP contribution is -2.33. The molecule has 0 aromatic heterocycles. The average Bonchev–Trinajstić information content (AvgIpc) is 3.12. The molecule has 0 saturated heterocycles. The lowest BCUT2D eigenvalue weighted by Gasteiger charge is -2.36. The molecule has 2 N–H and O–H groups in total. The number of esters is 1. The molecule has 1 spiro atoms. The predicted octanol–water partition coefficient (Wildman–Crippen LogP) is 5.73. The van der Waals surface area contributed by atoms with Gasteiger partial charge in [-0.05, 0) is 43.2 Å². The molecule has 7 heteroatoms. The third-order valence-electron chi connectivity index (χ3n) is 6.24. The van der Waals surface area contributed by atoms with Crippen molar-refractivity contribution < 1.29 is 23.9 Å². The largest absolute Gasteiger partial charge is 0.456 e. The summed E-state index contributed by atoms with van der Waals surface area (Å²) in [5.74, 6) is 0.343. The van der Waals surface area contributed by atoms with Gasteiger partial charge in [0, 0.05) is 53.0 Å². The highest BCUT2D eigenvalue weighted by molar-refractivity contribution is 5.97. The maximum atomic E-state index is 13.0. The van der Waals surface area contributed by atoms with Gasteiger partial charge in [0.1, 0.15) is 11.5 Å². The average molecular weight is 471 g/mol. The van der Waals surface area contributed by atoms with Crippen LogP contribution in [-0.2, 0) is 19.9 Å². The van der Waals surface area contributed by atoms with Crippen LogP contribution in [0.4, 0.5) is 11.4 Å². The van der Waals surface area contributed by atoms with Gasteiger partial charge in [-0.15, -0.1) is 0 Å². The fraction of sp³-hybridized carbons (Fsp3) is 0.250. The Bertz CT molecular complexity index is 1280. The van der Waals surface area contributed by atoms with Crippen LogP contribution in [-0.4, -0.2) is 17.8 Å². The number of amides is 2. The van der Waals surface area contributed by atoms with Gasteiger partial charge in [0.2, 0.25) is 11.8 Å². The Morgan fingerprint density at radius 2 is 1.31 bits per heavy atom. The van der Waals surface area contributed by atoms with Crippen LogP contribution >= 0.6 is 0 Å². The van der Waals surface area contributed by atoms with Gasteiger partial charge in [0.15, 0.2) is 5.60 Å². The van der Waals surface area contributed by atoms with Crippen molar-refractivity contribution >= 4 is 29.2 Å². The molecule has 3 aromatic rings. The lowest BCUT2D eigenvalue weighted by molar-refractivity contribution is -0.117. The Labute approximate surface area is 203 Å². The highest BCUT2D eigenvalue weighted by atomic mass is 16.6. The molecule has 0 radical (unpaired) electrons. The number of benzene rings is 3. The van der Waals surface area contributed by atoms with Gasteiger partial charge in [-0.1, -0.05) is 32.0 Å². The molecule has 0 saturated carbocycles. The molecule has 0 aliphatic carbocycles. The van der Waals surface area contributed by atoms with Gasteiger partial charge in [0.25, 0.3) is 0 Å². The van der Waals surface area contributed by atoms with Crippen LogP contribution in [0.2, 0.25) is 0 Å². The van der Waals surface area contributed by atoms with E-state index in [4.69, 9.17) is 9.47 Å². The van der Waals surface area contributed by atoms with Crippen molar-refractivity contribution in [2.24, 2.45) is 0 Å². The summed E-state index contributed by atoms with van der Waals surface area (Å²) < 4.78 is 12.4. The molecule has 0 atom stereocenters. The number of fused-ring (bicyclic) bond motifs is 6. The standard InChI is InChI=1S/C28H26N2O5/c1-3-7-25(31)29-17-11-13-21-23(15-17)34-24-16-18(30-26(32)8-4-2)12-14-22(24)28(21)20-10-6-5-9-19(20)27(33)35-28/h5-6,9-16H,3-4,7-8H2,1-2H3,(H,29,31)(H,30,32). The van der Waals surface area contributed by atoms with Crippen molar-refractivity contribution in [2.75, 3.05) is 10.6 Å². The Morgan fingerprint density at radius 1 is 0.771 bits per heavy atom. The highest BCUT2D eigenvalue weighted by Gasteiger charge is 2.53. The quantitative estimate of drug-likeness (QED) is 0.449. The molecule has 3 aromatic carbocycles. The minimum atomic E-state index is -1.20. The van der Waals surface area contributed by atoms with Gasteiger partial charge in [-0.3, -0.25) is 9.59 Å². The molecule has 0 fully saturated rings. The van der Waals surface area contributed by atoms with Crippen molar-refractivity contribution in [3.63, 3.8) is 0 Å². The molecule has 0 bridgehead atoms. The van der Waals surface area contributed by atoms with Crippen LogP contribution in [0.5, 0.6) is 11.5 Å². The number of rotatable bonds is 6. The first kappa shape index (κ1) is 22.7. The molecule has 5 rings (SSSR count). The molecular formula is C28H26N2O5.